The molecule has 1 fully saturated rings. The van der Waals surface area contributed by atoms with E-state index in [9.17, 15) is 8.42 Å². The van der Waals surface area contributed by atoms with Crippen LogP contribution in [0.15, 0.2) is 0 Å². The molecule has 1 aliphatic rings. The standard InChI is InChI=1S/C15H32N2O2S/c1-13(2)16-12-14-6-8-17(9-7-14)10-11-20(18,19)15(3,4)5/h13-14,16H,6-12H2,1-5H3. The van der Waals surface area contributed by atoms with Gasteiger partial charge in [0, 0.05) is 12.6 Å². The van der Waals surface area contributed by atoms with Crippen LogP contribution in [0.4, 0.5) is 0 Å². The molecule has 1 saturated heterocycles. The topological polar surface area (TPSA) is 49.4 Å². The van der Waals surface area contributed by atoms with Crippen LogP contribution in [0.2, 0.25) is 0 Å². The van der Waals surface area contributed by atoms with Gasteiger partial charge in [-0.15, -0.1) is 0 Å². The molecule has 1 heterocycles. The minimum atomic E-state index is -2.99. The summed E-state index contributed by atoms with van der Waals surface area (Å²) >= 11 is 0. The Hall–Kier alpha value is -0.130. The first-order valence-corrected chi connectivity index (χ1v) is 9.45. The first-order valence-electron chi connectivity index (χ1n) is 7.80. The summed E-state index contributed by atoms with van der Waals surface area (Å²) in [5.41, 5.74) is 0. The van der Waals surface area contributed by atoms with Crippen LogP contribution < -0.4 is 5.32 Å². The van der Waals surface area contributed by atoms with Gasteiger partial charge in [0.15, 0.2) is 9.84 Å². The molecular formula is C15H32N2O2S. The van der Waals surface area contributed by atoms with Crippen molar-refractivity contribution in [2.75, 3.05) is 31.9 Å². The van der Waals surface area contributed by atoms with Crippen molar-refractivity contribution in [3.05, 3.63) is 0 Å². The number of nitrogens with one attached hydrogen (secondary N) is 1. The van der Waals surface area contributed by atoms with Crippen LogP contribution >= 0.6 is 0 Å². The van der Waals surface area contributed by atoms with Crippen molar-refractivity contribution in [3.63, 3.8) is 0 Å². The minimum absolute atomic E-state index is 0.283. The predicted octanol–water partition coefficient (Wildman–Crippen LogP) is 1.91. The molecule has 5 heteroatoms. The number of nitrogens with zero attached hydrogens (tertiary/aromatic N) is 1. The van der Waals surface area contributed by atoms with Gasteiger partial charge in [-0.1, -0.05) is 13.8 Å². The highest BCUT2D eigenvalue weighted by Gasteiger charge is 2.29. The lowest BCUT2D eigenvalue weighted by molar-refractivity contribution is 0.189. The van der Waals surface area contributed by atoms with Gasteiger partial charge in [0.2, 0.25) is 0 Å². The lowest BCUT2D eigenvalue weighted by Gasteiger charge is -2.33. The van der Waals surface area contributed by atoms with Crippen molar-refractivity contribution < 1.29 is 8.42 Å². The maximum Gasteiger partial charge on any atom is 0.156 e. The van der Waals surface area contributed by atoms with Gasteiger partial charge in [0.25, 0.3) is 0 Å². The van der Waals surface area contributed by atoms with Gasteiger partial charge in [0.05, 0.1) is 10.5 Å². The van der Waals surface area contributed by atoms with E-state index in [1.54, 1.807) is 20.8 Å². The highest BCUT2D eigenvalue weighted by molar-refractivity contribution is 7.92. The maximum atomic E-state index is 12.1. The number of likely N-dealkylation sites (tertiary alicyclic amines) is 1. The Morgan fingerprint density at radius 2 is 1.75 bits per heavy atom. The number of hydrogen-bond acceptors (Lipinski definition) is 4. The van der Waals surface area contributed by atoms with Crippen LogP contribution in [0.25, 0.3) is 0 Å². The summed E-state index contributed by atoms with van der Waals surface area (Å²) in [5, 5.41) is 3.49. The maximum absolute atomic E-state index is 12.1. The zero-order chi connectivity index (χ0) is 15.4. The fourth-order valence-corrected chi connectivity index (χ4v) is 3.48. The van der Waals surface area contributed by atoms with Gasteiger partial charge in [-0.2, -0.15) is 0 Å². The lowest BCUT2D eigenvalue weighted by Crippen LogP contribution is -2.42. The summed E-state index contributed by atoms with van der Waals surface area (Å²) in [6, 6.07) is 0.546. The third kappa shape index (κ3) is 5.70. The molecule has 0 amide bonds. The van der Waals surface area contributed by atoms with E-state index < -0.39 is 14.6 Å². The molecule has 0 unspecified atom stereocenters. The second-order valence-corrected chi connectivity index (χ2v) is 10.1. The molecule has 0 saturated carbocycles. The average Bonchev–Trinajstić information content (AvgIpc) is 2.34. The van der Waals surface area contributed by atoms with Crippen molar-refractivity contribution in [1.29, 1.82) is 0 Å². The van der Waals surface area contributed by atoms with Crippen molar-refractivity contribution in [3.8, 4) is 0 Å². The molecule has 0 radical (unpaired) electrons. The quantitative estimate of drug-likeness (QED) is 0.814. The van der Waals surface area contributed by atoms with Gasteiger partial charge in [-0.05, 0) is 59.2 Å². The van der Waals surface area contributed by atoms with Crippen LogP contribution in [0.5, 0.6) is 0 Å². The zero-order valence-corrected chi connectivity index (χ0v) is 14.6. The number of sulfone groups is 1. The summed E-state index contributed by atoms with van der Waals surface area (Å²) in [6.45, 7) is 13.5. The van der Waals surface area contributed by atoms with Crippen molar-refractivity contribution in [2.24, 2.45) is 5.92 Å². The fourth-order valence-electron chi connectivity index (χ4n) is 2.37. The zero-order valence-electron chi connectivity index (χ0n) is 13.8. The number of hydrogen-bond donors (Lipinski definition) is 1. The first kappa shape index (κ1) is 17.9. The van der Waals surface area contributed by atoms with E-state index >= 15 is 0 Å². The van der Waals surface area contributed by atoms with Crippen LogP contribution in [0.3, 0.4) is 0 Å². The highest BCUT2D eigenvalue weighted by atomic mass is 32.2. The summed E-state index contributed by atoms with van der Waals surface area (Å²) < 4.78 is 23.6. The van der Waals surface area contributed by atoms with E-state index in [1.807, 2.05) is 0 Å². The molecule has 0 aromatic carbocycles. The van der Waals surface area contributed by atoms with Gasteiger partial charge < -0.3 is 10.2 Å². The Labute approximate surface area is 125 Å². The predicted molar refractivity (Wildman–Crippen MR) is 85.8 cm³/mol. The highest BCUT2D eigenvalue weighted by Crippen LogP contribution is 2.19. The average molecular weight is 305 g/mol. The molecule has 0 aliphatic carbocycles. The van der Waals surface area contributed by atoms with Crippen molar-refractivity contribution in [1.82, 2.24) is 10.2 Å². The van der Waals surface area contributed by atoms with Gasteiger partial charge in [-0.3, -0.25) is 0 Å². The Morgan fingerprint density at radius 3 is 2.20 bits per heavy atom. The molecular weight excluding hydrogens is 272 g/mol. The molecule has 0 aromatic rings. The molecule has 1 rings (SSSR count). The fraction of sp³-hybridized carbons (Fsp3) is 1.00. The van der Waals surface area contributed by atoms with E-state index in [0.717, 1.165) is 25.6 Å². The second-order valence-electron chi connectivity index (χ2n) is 7.28. The van der Waals surface area contributed by atoms with E-state index in [2.05, 4.69) is 24.1 Å². The molecule has 4 nitrogen and oxygen atoms in total. The number of rotatable bonds is 6. The number of piperidine rings is 1. The summed E-state index contributed by atoms with van der Waals surface area (Å²) in [7, 11) is -2.99. The molecule has 0 aromatic heterocycles. The molecule has 0 spiro atoms. The van der Waals surface area contributed by atoms with Crippen molar-refractivity contribution >= 4 is 9.84 Å². The Morgan fingerprint density at radius 1 is 1.20 bits per heavy atom. The van der Waals surface area contributed by atoms with E-state index in [-0.39, 0.29) is 5.75 Å². The lowest BCUT2D eigenvalue weighted by atomic mass is 9.96. The summed E-state index contributed by atoms with van der Waals surface area (Å²) in [6.07, 6.45) is 2.35. The van der Waals surface area contributed by atoms with Crippen molar-refractivity contribution in [2.45, 2.75) is 58.2 Å². The molecule has 0 atom stereocenters. The molecule has 1 N–H and O–H groups in total. The van der Waals surface area contributed by atoms with E-state index in [0.29, 0.717) is 12.6 Å². The SMILES string of the molecule is CC(C)NCC1CCN(CCS(=O)(=O)C(C)(C)C)CC1. The van der Waals surface area contributed by atoms with Gasteiger partial charge in [0.1, 0.15) is 0 Å². The van der Waals surface area contributed by atoms with E-state index in [4.69, 9.17) is 0 Å². The van der Waals surface area contributed by atoms with Crippen LogP contribution in [0.1, 0.15) is 47.5 Å². The van der Waals surface area contributed by atoms with E-state index in [1.165, 1.54) is 12.8 Å². The summed E-state index contributed by atoms with van der Waals surface area (Å²) in [5.74, 6) is 1.03. The Balaban J connectivity index is 2.30. The van der Waals surface area contributed by atoms with Gasteiger partial charge in [-0.25, -0.2) is 8.42 Å². The molecule has 0 bridgehead atoms. The summed E-state index contributed by atoms with van der Waals surface area (Å²) in [4.78, 5) is 2.30. The smallest absolute Gasteiger partial charge is 0.156 e. The molecule has 1 aliphatic heterocycles. The third-order valence-electron chi connectivity index (χ3n) is 4.13. The normalized spacial score (nSPS) is 19.7. The second kappa shape index (κ2) is 7.23. The Kier molecular flexibility index (Phi) is 6.48. The molecule has 120 valence electrons. The third-order valence-corrected chi connectivity index (χ3v) is 6.72. The van der Waals surface area contributed by atoms with Crippen LogP contribution in [-0.2, 0) is 9.84 Å². The minimum Gasteiger partial charge on any atom is -0.314 e. The van der Waals surface area contributed by atoms with Crippen LogP contribution in [-0.4, -0.2) is 56.0 Å². The van der Waals surface area contributed by atoms with Gasteiger partial charge >= 0.3 is 0 Å². The first-order chi connectivity index (χ1) is 9.12. The van der Waals surface area contributed by atoms with Crippen LogP contribution in [0, 0.1) is 5.92 Å². The largest absolute Gasteiger partial charge is 0.314 e. The molecule has 20 heavy (non-hydrogen) atoms. The Bertz CT molecular complexity index is 377. The monoisotopic (exact) mass is 304 g/mol.